The lowest BCUT2D eigenvalue weighted by atomic mass is 10.1. The molecule has 1 saturated heterocycles. The van der Waals surface area contributed by atoms with E-state index in [0.717, 1.165) is 11.0 Å². The van der Waals surface area contributed by atoms with Crippen LogP contribution in [0.15, 0.2) is 46.0 Å². The number of hydrogen-bond donors (Lipinski definition) is 1. The van der Waals surface area contributed by atoms with E-state index in [0.29, 0.717) is 11.5 Å². The number of anilines is 1. The van der Waals surface area contributed by atoms with Crippen molar-refractivity contribution in [3.8, 4) is 11.3 Å². The van der Waals surface area contributed by atoms with Gasteiger partial charge in [0.2, 0.25) is 5.91 Å². The van der Waals surface area contributed by atoms with Gasteiger partial charge in [-0.05, 0) is 39.0 Å². The summed E-state index contributed by atoms with van der Waals surface area (Å²) >= 11 is 0. The fraction of sp³-hybridized carbons (Fsp3) is 0.346. The summed E-state index contributed by atoms with van der Waals surface area (Å²) in [6.07, 6.45) is -2.78. The Balaban J connectivity index is 1.33. The highest BCUT2D eigenvalue weighted by molar-refractivity contribution is 6.03. The minimum absolute atomic E-state index is 0.0893. The van der Waals surface area contributed by atoms with Crippen molar-refractivity contribution >= 4 is 30.0 Å². The zero-order valence-electron chi connectivity index (χ0n) is 22.4. The van der Waals surface area contributed by atoms with Crippen molar-refractivity contribution in [1.29, 1.82) is 0 Å². The standard InChI is InChI=1S/C26H25F3N8O4/c1-13-8-17(34-41-13)11-36-24(39)21-22(35(4)25(36)40)31-12-37(21)15(3)23(38)33-20-7-5-6-19(32-20)16-9-18(26(27,28)29)14(2)30-10-16/h5-10,12,15,21-22H,11H2,1-4H3,(H,32,33,38)/t15-,21?,22?/m0/s1. The Morgan fingerprint density at radius 3 is 2.63 bits per heavy atom. The van der Waals surface area contributed by atoms with Crippen LogP contribution in [0.5, 0.6) is 0 Å². The molecule has 5 heterocycles. The van der Waals surface area contributed by atoms with E-state index in [1.807, 2.05) is 0 Å². The molecule has 0 aromatic carbocycles. The first-order chi connectivity index (χ1) is 19.3. The lowest BCUT2D eigenvalue weighted by molar-refractivity contribution is -0.140. The third-order valence-corrected chi connectivity index (χ3v) is 6.92. The molecule has 3 aromatic rings. The van der Waals surface area contributed by atoms with Crippen LogP contribution in [0, 0.1) is 13.8 Å². The zero-order chi connectivity index (χ0) is 29.6. The first-order valence-electron chi connectivity index (χ1n) is 12.5. The Hall–Kier alpha value is -4.82. The molecule has 0 radical (unpaired) electrons. The van der Waals surface area contributed by atoms with Gasteiger partial charge in [-0.1, -0.05) is 11.2 Å². The molecule has 0 saturated carbocycles. The first kappa shape index (κ1) is 27.7. The van der Waals surface area contributed by atoms with Gasteiger partial charge in [0.1, 0.15) is 23.3 Å². The second kappa shape index (κ2) is 10.3. The molecule has 2 aliphatic rings. The molecule has 15 heteroatoms. The number of carbonyl (C=O) groups excluding carboxylic acids is 3. The Morgan fingerprint density at radius 1 is 1.20 bits per heavy atom. The van der Waals surface area contributed by atoms with E-state index in [-0.39, 0.29) is 29.3 Å². The van der Waals surface area contributed by atoms with Crippen LogP contribution >= 0.6 is 0 Å². The highest BCUT2D eigenvalue weighted by Gasteiger charge is 2.51. The van der Waals surface area contributed by atoms with Gasteiger partial charge in [-0.15, -0.1) is 0 Å². The van der Waals surface area contributed by atoms with E-state index >= 15 is 0 Å². The number of likely N-dealkylation sites (N-methyl/N-ethyl adjacent to an activating group) is 1. The summed E-state index contributed by atoms with van der Waals surface area (Å²) in [5.74, 6) is -0.489. The molecule has 3 atom stereocenters. The van der Waals surface area contributed by atoms with Crippen molar-refractivity contribution in [1.82, 2.24) is 29.8 Å². The summed E-state index contributed by atoms with van der Waals surface area (Å²) in [7, 11) is 1.51. The van der Waals surface area contributed by atoms with Crippen LogP contribution < -0.4 is 5.32 Å². The number of aliphatic imine (C=N–C) groups is 1. The van der Waals surface area contributed by atoms with Gasteiger partial charge in [0.05, 0.1) is 24.1 Å². The third-order valence-electron chi connectivity index (χ3n) is 6.92. The van der Waals surface area contributed by atoms with Gasteiger partial charge in [0.25, 0.3) is 5.91 Å². The van der Waals surface area contributed by atoms with E-state index in [1.165, 1.54) is 54.5 Å². The number of halogens is 3. The quantitative estimate of drug-likeness (QED) is 0.477. The predicted octanol–water partition coefficient (Wildman–Crippen LogP) is 3.23. The number of aryl methyl sites for hydroxylation is 2. The van der Waals surface area contributed by atoms with Crippen molar-refractivity contribution in [2.24, 2.45) is 4.99 Å². The smallest absolute Gasteiger partial charge is 0.361 e. The van der Waals surface area contributed by atoms with Crippen LogP contribution in [-0.2, 0) is 22.3 Å². The second-order valence-electron chi connectivity index (χ2n) is 9.74. The van der Waals surface area contributed by atoms with Crippen molar-refractivity contribution in [3.63, 3.8) is 0 Å². The Morgan fingerprint density at radius 2 is 1.95 bits per heavy atom. The molecule has 0 bridgehead atoms. The van der Waals surface area contributed by atoms with Crippen LogP contribution in [0.1, 0.15) is 29.6 Å². The molecule has 0 spiro atoms. The number of rotatable bonds is 6. The van der Waals surface area contributed by atoms with Gasteiger partial charge in [-0.2, -0.15) is 13.2 Å². The monoisotopic (exact) mass is 570 g/mol. The topological polar surface area (TPSA) is 137 Å². The SMILES string of the molecule is Cc1cc(CN2C(=O)C3C(N=CN3[C@@H](C)C(=O)Nc3cccc(-c4cnc(C)c(C(F)(F)F)c4)n3)N(C)C2=O)no1. The molecular formula is C26H25F3N8O4. The molecule has 1 N–H and O–H groups in total. The summed E-state index contributed by atoms with van der Waals surface area (Å²) in [6.45, 7) is 4.40. The minimum atomic E-state index is -4.58. The van der Waals surface area contributed by atoms with Gasteiger partial charge < -0.3 is 19.6 Å². The summed E-state index contributed by atoms with van der Waals surface area (Å²) in [5.41, 5.74) is -0.341. The molecule has 3 aromatic heterocycles. The van der Waals surface area contributed by atoms with E-state index in [1.54, 1.807) is 19.9 Å². The molecule has 4 amide bonds. The summed E-state index contributed by atoms with van der Waals surface area (Å²) in [5, 5.41) is 6.50. The van der Waals surface area contributed by atoms with E-state index in [9.17, 15) is 27.6 Å². The maximum absolute atomic E-state index is 13.5. The fourth-order valence-corrected chi connectivity index (χ4v) is 4.71. The normalized spacial score (nSPS) is 19.5. The number of aromatic nitrogens is 3. The number of alkyl halides is 3. The Kier molecular flexibility index (Phi) is 6.97. The summed E-state index contributed by atoms with van der Waals surface area (Å²) in [6, 6.07) is 4.64. The summed E-state index contributed by atoms with van der Waals surface area (Å²) < 4.78 is 45.1. The number of hydrogen-bond acceptors (Lipinski definition) is 9. The molecule has 0 aliphatic carbocycles. The van der Waals surface area contributed by atoms with Crippen LogP contribution in [0.3, 0.4) is 0 Å². The number of imide groups is 1. The van der Waals surface area contributed by atoms with Crippen molar-refractivity contribution < 1.29 is 32.1 Å². The van der Waals surface area contributed by atoms with Gasteiger partial charge in [0.15, 0.2) is 12.2 Å². The van der Waals surface area contributed by atoms with E-state index in [4.69, 9.17) is 4.52 Å². The van der Waals surface area contributed by atoms with E-state index in [2.05, 4.69) is 25.4 Å². The number of nitrogens with zero attached hydrogens (tertiary/aromatic N) is 7. The average molecular weight is 571 g/mol. The van der Waals surface area contributed by atoms with Gasteiger partial charge in [-0.25, -0.2) is 14.8 Å². The molecular weight excluding hydrogens is 545 g/mol. The number of pyridine rings is 2. The first-order valence-corrected chi connectivity index (χ1v) is 12.5. The third kappa shape index (κ3) is 5.21. The molecule has 5 rings (SSSR count). The van der Waals surface area contributed by atoms with Gasteiger partial charge in [-0.3, -0.25) is 19.5 Å². The van der Waals surface area contributed by atoms with Gasteiger partial charge in [0, 0.05) is 30.6 Å². The maximum Gasteiger partial charge on any atom is 0.418 e. The number of amides is 4. The van der Waals surface area contributed by atoms with Crippen molar-refractivity contribution in [2.75, 3.05) is 12.4 Å². The van der Waals surface area contributed by atoms with Crippen LogP contribution in [0.2, 0.25) is 0 Å². The van der Waals surface area contributed by atoms with Crippen molar-refractivity contribution in [3.05, 3.63) is 59.2 Å². The lowest BCUT2D eigenvalue weighted by Gasteiger charge is -2.42. The van der Waals surface area contributed by atoms with Gasteiger partial charge >= 0.3 is 12.2 Å². The number of urea groups is 1. The number of fused-ring (bicyclic) bond motifs is 1. The fourth-order valence-electron chi connectivity index (χ4n) is 4.71. The Bertz CT molecular complexity index is 1560. The zero-order valence-corrected chi connectivity index (χ0v) is 22.4. The molecule has 41 heavy (non-hydrogen) atoms. The van der Waals surface area contributed by atoms with E-state index < -0.39 is 47.8 Å². The Labute approximate surface area is 231 Å². The summed E-state index contributed by atoms with van der Waals surface area (Å²) in [4.78, 5) is 55.8. The molecule has 12 nitrogen and oxygen atoms in total. The second-order valence-corrected chi connectivity index (χ2v) is 9.74. The predicted molar refractivity (Wildman–Crippen MR) is 138 cm³/mol. The van der Waals surface area contributed by atoms with Crippen molar-refractivity contribution in [2.45, 2.75) is 51.7 Å². The average Bonchev–Trinajstić information content (AvgIpc) is 3.55. The molecule has 214 valence electrons. The highest BCUT2D eigenvalue weighted by Crippen LogP contribution is 2.34. The van der Waals surface area contributed by atoms with Crippen LogP contribution in [0.4, 0.5) is 23.8 Å². The largest absolute Gasteiger partial charge is 0.418 e. The van der Waals surface area contributed by atoms with Crippen LogP contribution in [-0.4, -0.2) is 79.3 Å². The lowest BCUT2D eigenvalue weighted by Crippen LogP contribution is -2.66. The maximum atomic E-state index is 13.5. The highest BCUT2D eigenvalue weighted by atomic mass is 19.4. The minimum Gasteiger partial charge on any atom is -0.361 e. The number of carbonyl (C=O) groups is 3. The molecule has 2 unspecified atom stereocenters. The number of nitrogens with one attached hydrogen (secondary N) is 1. The molecule has 1 fully saturated rings. The van der Waals surface area contributed by atoms with Crippen LogP contribution in [0.25, 0.3) is 11.3 Å². The molecule has 2 aliphatic heterocycles.